The monoisotopic (exact) mass is 796 g/mol. The highest BCUT2D eigenvalue weighted by Gasteiger charge is 2.71. The van der Waals surface area contributed by atoms with Gasteiger partial charge in [0.2, 0.25) is 0 Å². The molecule has 7 rings (SSSR count). The van der Waals surface area contributed by atoms with E-state index in [1.54, 1.807) is 0 Å². The normalized spacial score (nSPS) is 52.4. The van der Waals surface area contributed by atoms with E-state index in [1.807, 2.05) is 0 Å². The molecular formula is C42H68O14. The molecule has 320 valence electrons. The fourth-order valence-electron chi connectivity index (χ4n) is 13.7. The second-order valence-electron chi connectivity index (χ2n) is 20.6. The number of allylic oxidation sites excluding steroid dienone is 1. The topological polar surface area (TPSA) is 236 Å². The van der Waals surface area contributed by atoms with Gasteiger partial charge in [-0.1, -0.05) is 53.2 Å². The number of aliphatic hydroxyl groups excluding tert-OH is 8. The predicted molar refractivity (Wildman–Crippen MR) is 199 cm³/mol. The van der Waals surface area contributed by atoms with Crippen molar-refractivity contribution < 1.29 is 69.7 Å². The molecule has 0 aromatic heterocycles. The Morgan fingerprint density at radius 1 is 0.750 bits per heavy atom. The zero-order valence-corrected chi connectivity index (χ0v) is 33.9. The fraction of sp³-hybridized carbons (Fsp3) is 0.929. The van der Waals surface area contributed by atoms with E-state index in [1.165, 1.54) is 5.57 Å². The highest BCUT2D eigenvalue weighted by molar-refractivity contribution is 5.76. The van der Waals surface area contributed by atoms with E-state index >= 15 is 0 Å². The summed E-state index contributed by atoms with van der Waals surface area (Å²) in [5.74, 6) is -0.378. The van der Waals surface area contributed by atoms with E-state index in [4.69, 9.17) is 18.9 Å². The van der Waals surface area contributed by atoms with E-state index in [2.05, 4.69) is 47.6 Å². The van der Waals surface area contributed by atoms with Crippen molar-refractivity contribution in [1.82, 2.24) is 0 Å². The van der Waals surface area contributed by atoms with Gasteiger partial charge in [-0.05, 0) is 104 Å². The second kappa shape index (κ2) is 14.7. The molecule has 4 saturated carbocycles. The summed E-state index contributed by atoms with van der Waals surface area (Å²) in [5.41, 5.74) is -0.886. The Morgan fingerprint density at radius 3 is 2.02 bits per heavy atom. The molecule has 0 amide bonds. The number of carboxylic acid groups (broad SMARTS) is 1. The van der Waals surface area contributed by atoms with Crippen molar-refractivity contribution in [2.75, 3.05) is 19.8 Å². The third kappa shape index (κ3) is 6.29. The van der Waals surface area contributed by atoms with Gasteiger partial charge >= 0.3 is 5.97 Å². The maximum absolute atomic E-state index is 13.1. The summed E-state index contributed by atoms with van der Waals surface area (Å²) in [6.07, 6.45) is -5.39. The summed E-state index contributed by atoms with van der Waals surface area (Å²) in [4.78, 5) is 13.1. The second-order valence-corrected chi connectivity index (χ2v) is 20.6. The molecule has 2 heterocycles. The molecule has 18 atom stereocenters. The summed E-state index contributed by atoms with van der Waals surface area (Å²) in [6, 6.07) is 0. The van der Waals surface area contributed by atoms with Gasteiger partial charge < -0.3 is 64.9 Å². The van der Waals surface area contributed by atoms with Gasteiger partial charge in [-0.15, -0.1) is 0 Å². The number of carboxylic acids is 1. The molecule has 0 bridgehead atoms. The third-order valence-electron chi connectivity index (χ3n) is 17.2. The molecule has 0 radical (unpaired) electrons. The number of rotatable bonds is 8. The molecule has 14 heteroatoms. The molecular weight excluding hydrogens is 728 g/mol. The largest absolute Gasteiger partial charge is 0.481 e. The Labute approximate surface area is 330 Å². The highest BCUT2D eigenvalue weighted by atomic mass is 16.7. The number of carbonyl (C=O) groups is 1. The predicted octanol–water partition coefficient (Wildman–Crippen LogP) is 1.85. The molecule has 6 fully saturated rings. The van der Waals surface area contributed by atoms with Gasteiger partial charge in [-0.3, -0.25) is 4.79 Å². The molecule has 56 heavy (non-hydrogen) atoms. The molecule has 0 unspecified atom stereocenters. The summed E-state index contributed by atoms with van der Waals surface area (Å²) in [5, 5.41) is 95.4. The molecule has 5 aliphatic carbocycles. The highest BCUT2D eigenvalue weighted by Crippen LogP contribution is 2.76. The number of fused-ring (bicyclic) bond motifs is 7. The average molecular weight is 797 g/mol. The lowest BCUT2D eigenvalue weighted by atomic mass is 9.33. The van der Waals surface area contributed by atoms with Crippen LogP contribution in [0.5, 0.6) is 0 Å². The fourth-order valence-corrected chi connectivity index (χ4v) is 13.7. The molecule has 14 nitrogen and oxygen atoms in total. The lowest BCUT2D eigenvalue weighted by Crippen LogP contribution is -2.67. The van der Waals surface area contributed by atoms with Crippen molar-refractivity contribution >= 4 is 5.97 Å². The lowest BCUT2D eigenvalue weighted by molar-refractivity contribution is -0.345. The average Bonchev–Trinajstić information content (AvgIpc) is 3.14. The standard InChI is InChI=1S/C42H68O14/c1-37(2)13-14-41(36(51)52)15-16-42(20-44)21(22(41)17-37)7-8-26-39(5)11-10-27(38(3,4)25(39)9-12-40(26,42)6)56-35-33(50)31(48)29(46)24(55-35)19-53-34-32(49)30(47)28(45)23(18-43)54-34/h7,22-35,43-50H,8-20H2,1-6H3,(H,51,52)/t22-,23+,24+,25-,26+,27-,28+,29+,30-,31-,32+,33+,34+,35-,39-,40+,41-,42-/m0/s1. The van der Waals surface area contributed by atoms with E-state index in [9.17, 15) is 50.8 Å². The minimum Gasteiger partial charge on any atom is -0.481 e. The van der Waals surface area contributed by atoms with Crippen molar-refractivity contribution in [2.45, 2.75) is 173 Å². The molecule has 7 aliphatic rings. The van der Waals surface area contributed by atoms with E-state index in [0.717, 1.165) is 38.5 Å². The smallest absolute Gasteiger partial charge is 0.310 e. The Kier molecular flexibility index (Phi) is 11.3. The van der Waals surface area contributed by atoms with Gasteiger partial charge in [0.1, 0.15) is 48.8 Å². The van der Waals surface area contributed by atoms with Crippen LogP contribution in [-0.2, 0) is 23.7 Å². The van der Waals surface area contributed by atoms with Crippen LogP contribution in [0.4, 0.5) is 0 Å². The minimum atomic E-state index is -1.67. The van der Waals surface area contributed by atoms with Gasteiger partial charge in [0, 0.05) is 5.41 Å². The first kappa shape index (κ1) is 42.8. The Bertz CT molecular complexity index is 1500. The van der Waals surface area contributed by atoms with Gasteiger partial charge in [-0.2, -0.15) is 0 Å². The van der Waals surface area contributed by atoms with Crippen LogP contribution in [0.25, 0.3) is 0 Å². The first-order chi connectivity index (χ1) is 26.1. The van der Waals surface area contributed by atoms with Gasteiger partial charge in [0.25, 0.3) is 0 Å². The number of aliphatic hydroxyl groups is 8. The van der Waals surface area contributed by atoms with E-state index in [-0.39, 0.29) is 40.6 Å². The third-order valence-corrected chi connectivity index (χ3v) is 17.2. The molecule has 0 spiro atoms. The molecule has 2 saturated heterocycles. The molecule has 0 aromatic carbocycles. The quantitative estimate of drug-likeness (QED) is 0.126. The Morgan fingerprint density at radius 2 is 1.38 bits per heavy atom. The van der Waals surface area contributed by atoms with Crippen LogP contribution in [0.1, 0.15) is 106 Å². The summed E-state index contributed by atoms with van der Waals surface area (Å²) in [7, 11) is 0. The summed E-state index contributed by atoms with van der Waals surface area (Å²) >= 11 is 0. The first-order valence-electron chi connectivity index (χ1n) is 21.0. The van der Waals surface area contributed by atoms with Crippen molar-refractivity contribution in [3.8, 4) is 0 Å². The molecule has 0 aromatic rings. The maximum atomic E-state index is 13.1. The van der Waals surface area contributed by atoms with E-state index < -0.39 is 103 Å². The van der Waals surface area contributed by atoms with Crippen LogP contribution in [0.15, 0.2) is 11.6 Å². The van der Waals surface area contributed by atoms with Gasteiger partial charge in [-0.25, -0.2) is 0 Å². The van der Waals surface area contributed by atoms with Crippen molar-refractivity contribution in [3.05, 3.63) is 11.6 Å². The lowest BCUT2D eigenvalue weighted by Gasteiger charge is -2.71. The van der Waals surface area contributed by atoms with E-state index in [0.29, 0.717) is 25.7 Å². The number of hydrogen-bond donors (Lipinski definition) is 9. The minimum absolute atomic E-state index is 0.000680. The summed E-state index contributed by atoms with van der Waals surface area (Å²) in [6.45, 7) is 12.5. The van der Waals surface area contributed by atoms with Crippen molar-refractivity contribution in [2.24, 2.45) is 50.2 Å². The van der Waals surface area contributed by atoms with Gasteiger partial charge in [0.05, 0.1) is 31.3 Å². The van der Waals surface area contributed by atoms with Crippen LogP contribution in [0.2, 0.25) is 0 Å². The first-order valence-corrected chi connectivity index (χ1v) is 21.0. The number of ether oxygens (including phenoxy) is 4. The van der Waals surface area contributed by atoms with Crippen LogP contribution in [0.3, 0.4) is 0 Å². The Hall–Kier alpha value is -1.27. The van der Waals surface area contributed by atoms with Crippen LogP contribution in [0, 0.1) is 50.2 Å². The zero-order chi connectivity index (χ0) is 41.0. The Balaban J connectivity index is 1.09. The maximum Gasteiger partial charge on any atom is 0.310 e. The number of hydrogen-bond acceptors (Lipinski definition) is 13. The van der Waals surface area contributed by atoms with Crippen molar-refractivity contribution in [1.29, 1.82) is 0 Å². The van der Waals surface area contributed by atoms with Crippen LogP contribution in [-0.4, -0.2) is 139 Å². The molecule has 9 N–H and O–H groups in total. The molecule has 2 aliphatic heterocycles. The SMILES string of the molecule is CC1(C)CC[C@]2(C(=O)O)CC[C@]3(CO)C(=CC[C@@H]4[C@@]5(C)CC[C@H](O[C@@H]6O[C@H](CO[C@@H]7O[C@H](CO)[C@@H](O)[C@H](O)[C@H]7O)[C@@H](O)[C@H](O)[C@H]6O)C(C)(C)[C@@H]5CC[C@]43C)[C@@H]2C1. The number of aliphatic carboxylic acids is 1. The zero-order valence-electron chi connectivity index (χ0n) is 33.9. The summed E-state index contributed by atoms with van der Waals surface area (Å²) < 4.78 is 23.7. The van der Waals surface area contributed by atoms with Gasteiger partial charge in [0.15, 0.2) is 12.6 Å². The van der Waals surface area contributed by atoms with Crippen LogP contribution >= 0.6 is 0 Å². The van der Waals surface area contributed by atoms with Crippen LogP contribution < -0.4 is 0 Å². The van der Waals surface area contributed by atoms with Crippen molar-refractivity contribution in [3.63, 3.8) is 0 Å².